The molecule has 0 heterocycles. The Balaban J connectivity index is 0.957. The van der Waals surface area contributed by atoms with Crippen LogP contribution in [0.3, 0.4) is 0 Å². The Morgan fingerprint density at radius 2 is 0.400 bits per heavy atom. The molecule has 9 aromatic carbocycles. The minimum Gasteiger partial charge on any atom is -0.497 e. The minimum atomic E-state index is 0.827. The molecule has 0 atom stereocenters. The average molecular weight is 777 g/mol. The Hall–Kier alpha value is -7.82. The van der Waals surface area contributed by atoms with Crippen molar-refractivity contribution in [3.8, 4) is 56.0 Å². The summed E-state index contributed by atoms with van der Waals surface area (Å²) in [6.45, 7) is 0. The van der Waals surface area contributed by atoms with Crippen LogP contribution in [0.15, 0.2) is 231 Å². The van der Waals surface area contributed by atoms with Crippen LogP contribution in [0.4, 0.5) is 34.1 Å². The molecule has 60 heavy (non-hydrogen) atoms. The van der Waals surface area contributed by atoms with Gasteiger partial charge in [0, 0.05) is 34.1 Å². The molecule has 0 amide bonds. The molecule has 0 aromatic heterocycles. The molecule has 9 aromatic rings. The van der Waals surface area contributed by atoms with Crippen molar-refractivity contribution in [1.82, 2.24) is 0 Å². The lowest BCUT2D eigenvalue weighted by atomic mass is 9.99. The highest BCUT2D eigenvalue weighted by Crippen LogP contribution is 2.39. The van der Waals surface area contributed by atoms with Crippen LogP contribution in [-0.4, -0.2) is 14.2 Å². The first-order valence-electron chi connectivity index (χ1n) is 20.1. The molecule has 0 aliphatic heterocycles. The van der Waals surface area contributed by atoms with Gasteiger partial charge in [-0.15, -0.1) is 0 Å². The molecule has 0 spiro atoms. The molecule has 0 N–H and O–H groups in total. The van der Waals surface area contributed by atoms with Crippen molar-refractivity contribution >= 4 is 34.1 Å². The maximum Gasteiger partial charge on any atom is 0.119 e. The highest BCUT2D eigenvalue weighted by molar-refractivity contribution is 5.82. The fourth-order valence-electron chi connectivity index (χ4n) is 7.69. The molecule has 0 fully saturated rings. The zero-order valence-electron chi connectivity index (χ0n) is 33.7. The van der Waals surface area contributed by atoms with Crippen LogP contribution < -0.4 is 19.3 Å². The van der Waals surface area contributed by atoms with Gasteiger partial charge in [0.25, 0.3) is 0 Å². The molecule has 4 heteroatoms. The number of methoxy groups -OCH3 is 2. The second-order valence-corrected chi connectivity index (χ2v) is 14.6. The first-order valence-corrected chi connectivity index (χ1v) is 20.1. The first-order chi connectivity index (χ1) is 29.6. The standard InChI is InChI=1S/C56H44N2O2/c1-59-55-37-33-53(34-38-55)57(49-25-17-45(18-26-49)41-9-5-3-6-10-41)51-29-21-47(22-30-51)43-13-15-44(16-14-43)48-23-31-52(32-24-48)58(54-35-39-56(60-2)40-36-54)50-27-19-46(20-28-50)42-11-7-4-8-12-42/h3-40H,1-2H3. The SMILES string of the molecule is COc1ccc(N(c2ccc(-c3ccccc3)cc2)c2ccc(-c3ccc(-c4ccc(N(c5ccc(OC)cc5)c5ccc(-c6ccccc6)cc5)cc4)cc3)cc2)cc1. The molecule has 4 nitrogen and oxygen atoms in total. The van der Waals surface area contributed by atoms with E-state index in [-0.39, 0.29) is 0 Å². The summed E-state index contributed by atoms with van der Waals surface area (Å²) < 4.78 is 10.9. The maximum absolute atomic E-state index is 5.47. The van der Waals surface area contributed by atoms with Crippen LogP contribution in [-0.2, 0) is 0 Å². The number of benzene rings is 9. The van der Waals surface area contributed by atoms with Crippen molar-refractivity contribution in [3.05, 3.63) is 231 Å². The van der Waals surface area contributed by atoms with E-state index in [9.17, 15) is 0 Å². The van der Waals surface area contributed by atoms with Crippen molar-refractivity contribution in [2.24, 2.45) is 0 Å². The molecule has 0 aliphatic rings. The van der Waals surface area contributed by atoms with Crippen molar-refractivity contribution in [1.29, 1.82) is 0 Å². The Morgan fingerprint density at radius 1 is 0.217 bits per heavy atom. The molecule has 0 saturated heterocycles. The fraction of sp³-hybridized carbons (Fsp3) is 0.0357. The number of rotatable bonds is 12. The van der Waals surface area contributed by atoms with E-state index in [4.69, 9.17) is 9.47 Å². The van der Waals surface area contributed by atoms with Gasteiger partial charge in [0.15, 0.2) is 0 Å². The first kappa shape index (κ1) is 37.7. The summed E-state index contributed by atoms with van der Waals surface area (Å²) in [7, 11) is 3.39. The number of ether oxygens (including phenoxy) is 2. The third-order valence-corrected chi connectivity index (χ3v) is 10.9. The summed E-state index contributed by atoms with van der Waals surface area (Å²) in [5.41, 5.74) is 15.8. The summed E-state index contributed by atoms with van der Waals surface area (Å²) in [5, 5.41) is 0. The summed E-state index contributed by atoms with van der Waals surface area (Å²) in [6, 6.07) is 81.3. The van der Waals surface area contributed by atoms with Gasteiger partial charge in [0.05, 0.1) is 14.2 Å². The molecule has 0 aliphatic carbocycles. The van der Waals surface area contributed by atoms with Gasteiger partial charge in [-0.05, 0) is 142 Å². The third kappa shape index (κ3) is 8.13. The van der Waals surface area contributed by atoms with E-state index in [1.807, 2.05) is 36.4 Å². The summed E-state index contributed by atoms with van der Waals surface area (Å²) >= 11 is 0. The molecular formula is C56H44N2O2. The molecule has 0 bridgehead atoms. The lowest BCUT2D eigenvalue weighted by molar-refractivity contribution is 0.414. The van der Waals surface area contributed by atoms with E-state index in [0.717, 1.165) is 67.9 Å². The fourth-order valence-corrected chi connectivity index (χ4v) is 7.69. The highest BCUT2D eigenvalue weighted by atomic mass is 16.5. The topological polar surface area (TPSA) is 24.9 Å². The normalized spacial score (nSPS) is 10.8. The predicted molar refractivity (Wildman–Crippen MR) is 251 cm³/mol. The van der Waals surface area contributed by atoms with Gasteiger partial charge in [-0.25, -0.2) is 0 Å². The molecule has 0 saturated carbocycles. The monoisotopic (exact) mass is 776 g/mol. The van der Waals surface area contributed by atoms with Crippen LogP contribution in [0.2, 0.25) is 0 Å². The van der Waals surface area contributed by atoms with Gasteiger partial charge in [0.2, 0.25) is 0 Å². The van der Waals surface area contributed by atoms with Gasteiger partial charge >= 0.3 is 0 Å². The minimum absolute atomic E-state index is 0.827. The summed E-state index contributed by atoms with van der Waals surface area (Å²) in [5.74, 6) is 1.65. The lowest BCUT2D eigenvalue weighted by Gasteiger charge is -2.26. The van der Waals surface area contributed by atoms with Crippen LogP contribution in [0, 0.1) is 0 Å². The Labute approximate surface area is 352 Å². The predicted octanol–water partition coefficient (Wildman–Crippen LogP) is 15.3. The van der Waals surface area contributed by atoms with Crippen LogP contribution >= 0.6 is 0 Å². The van der Waals surface area contributed by atoms with Gasteiger partial charge in [-0.1, -0.05) is 133 Å². The van der Waals surface area contributed by atoms with E-state index in [1.54, 1.807) is 14.2 Å². The van der Waals surface area contributed by atoms with E-state index < -0.39 is 0 Å². The quantitative estimate of drug-likeness (QED) is 0.123. The molecular weight excluding hydrogens is 733 g/mol. The summed E-state index contributed by atoms with van der Waals surface area (Å²) in [4.78, 5) is 4.56. The van der Waals surface area contributed by atoms with Crippen molar-refractivity contribution in [2.45, 2.75) is 0 Å². The zero-order valence-corrected chi connectivity index (χ0v) is 33.7. The lowest BCUT2D eigenvalue weighted by Crippen LogP contribution is -2.09. The molecule has 290 valence electrons. The molecule has 9 rings (SSSR count). The van der Waals surface area contributed by atoms with Crippen molar-refractivity contribution < 1.29 is 9.47 Å². The van der Waals surface area contributed by atoms with Gasteiger partial charge in [-0.3, -0.25) is 0 Å². The number of anilines is 6. The van der Waals surface area contributed by atoms with Gasteiger partial charge in [0.1, 0.15) is 11.5 Å². The Bertz CT molecular complexity index is 2550. The van der Waals surface area contributed by atoms with E-state index >= 15 is 0 Å². The second-order valence-electron chi connectivity index (χ2n) is 14.6. The Morgan fingerprint density at radius 3 is 0.617 bits per heavy atom. The largest absolute Gasteiger partial charge is 0.497 e. The van der Waals surface area contributed by atoms with Crippen LogP contribution in [0.25, 0.3) is 44.5 Å². The smallest absolute Gasteiger partial charge is 0.119 e. The van der Waals surface area contributed by atoms with Crippen LogP contribution in [0.5, 0.6) is 11.5 Å². The van der Waals surface area contributed by atoms with E-state index in [1.165, 1.54) is 22.3 Å². The van der Waals surface area contributed by atoms with Crippen LogP contribution in [0.1, 0.15) is 0 Å². The zero-order chi connectivity index (χ0) is 40.7. The summed E-state index contributed by atoms with van der Waals surface area (Å²) in [6.07, 6.45) is 0. The van der Waals surface area contributed by atoms with Crippen molar-refractivity contribution in [3.63, 3.8) is 0 Å². The number of nitrogens with zero attached hydrogens (tertiary/aromatic N) is 2. The Kier molecular flexibility index (Phi) is 10.9. The van der Waals surface area contributed by atoms with E-state index in [2.05, 4.69) is 204 Å². The number of hydrogen-bond acceptors (Lipinski definition) is 4. The van der Waals surface area contributed by atoms with Gasteiger partial charge < -0.3 is 19.3 Å². The third-order valence-electron chi connectivity index (χ3n) is 10.9. The molecule has 0 radical (unpaired) electrons. The number of hydrogen-bond donors (Lipinski definition) is 0. The molecule has 0 unspecified atom stereocenters. The van der Waals surface area contributed by atoms with E-state index in [0.29, 0.717) is 0 Å². The van der Waals surface area contributed by atoms with Crippen molar-refractivity contribution in [2.75, 3.05) is 24.0 Å². The maximum atomic E-state index is 5.47. The second kappa shape index (κ2) is 17.4. The van der Waals surface area contributed by atoms with Gasteiger partial charge in [-0.2, -0.15) is 0 Å². The highest BCUT2D eigenvalue weighted by Gasteiger charge is 2.16. The average Bonchev–Trinajstić information content (AvgIpc) is 3.34.